The van der Waals surface area contributed by atoms with Gasteiger partial charge in [0.05, 0.1) is 12.2 Å². The smallest absolute Gasteiger partial charge is 0.344 e. The van der Waals surface area contributed by atoms with Crippen LogP contribution in [0, 0.1) is 0 Å². The summed E-state index contributed by atoms with van der Waals surface area (Å²) < 4.78 is 11.3. The van der Waals surface area contributed by atoms with E-state index in [0.717, 1.165) is 30.2 Å². The predicted octanol–water partition coefficient (Wildman–Crippen LogP) is 5.75. The van der Waals surface area contributed by atoms with Crippen molar-refractivity contribution in [3.05, 3.63) is 89.8 Å². The molecule has 0 aliphatic carbocycles. The minimum absolute atomic E-state index is 0.340. The van der Waals surface area contributed by atoms with Gasteiger partial charge < -0.3 is 9.15 Å². The van der Waals surface area contributed by atoms with Crippen molar-refractivity contribution in [3.8, 4) is 16.9 Å². The molecule has 1 aromatic heterocycles. The molecule has 0 aliphatic rings. The highest BCUT2D eigenvalue weighted by molar-refractivity contribution is 5.82. The van der Waals surface area contributed by atoms with Crippen LogP contribution in [0.1, 0.15) is 19.3 Å². The number of rotatable bonds is 8. The molecule has 0 amide bonds. The Bertz CT molecular complexity index is 952. The molecular weight excluding hydrogens is 324 g/mol. The zero-order valence-corrected chi connectivity index (χ0v) is 14.7. The molecule has 0 fully saturated rings. The van der Waals surface area contributed by atoms with Crippen LogP contribution in [0.2, 0.25) is 0 Å². The molecule has 1 heterocycles. The molecule has 3 nitrogen and oxygen atoms in total. The third kappa shape index (κ3) is 4.51. The van der Waals surface area contributed by atoms with Crippen molar-refractivity contribution >= 4 is 11.0 Å². The first-order chi connectivity index (χ1) is 12.8. The maximum atomic E-state index is 12.3. The topological polar surface area (TPSA) is 39.4 Å². The fraction of sp³-hybridized carbons (Fsp3) is 0.174. The fourth-order valence-electron chi connectivity index (χ4n) is 2.70. The summed E-state index contributed by atoms with van der Waals surface area (Å²) in [6, 6.07) is 17.0. The van der Waals surface area contributed by atoms with E-state index >= 15 is 0 Å². The molecule has 3 heteroatoms. The summed E-state index contributed by atoms with van der Waals surface area (Å²) in [5, 5.41) is 0.878. The first kappa shape index (κ1) is 17.7. The summed E-state index contributed by atoms with van der Waals surface area (Å²) >= 11 is 0. The van der Waals surface area contributed by atoms with E-state index in [1.165, 1.54) is 0 Å². The molecule has 0 bridgehead atoms. The lowest BCUT2D eigenvalue weighted by Gasteiger charge is -2.07. The van der Waals surface area contributed by atoms with Gasteiger partial charge in [-0.2, -0.15) is 0 Å². The van der Waals surface area contributed by atoms with Crippen LogP contribution in [0.3, 0.4) is 0 Å². The molecular formula is C23H22O3. The van der Waals surface area contributed by atoms with E-state index in [9.17, 15) is 4.79 Å². The van der Waals surface area contributed by atoms with Crippen molar-refractivity contribution in [2.24, 2.45) is 0 Å². The van der Waals surface area contributed by atoms with Gasteiger partial charge in [-0.3, -0.25) is 0 Å². The largest absolute Gasteiger partial charge is 0.493 e. The van der Waals surface area contributed by atoms with Crippen LogP contribution in [0.15, 0.2) is 88.6 Å². The average molecular weight is 346 g/mol. The molecule has 2 aromatic carbocycles. The lowest BCUT2D eigenvalue weighted by molar-refractivity contribution is 0.312. The number of ether oxygens (including phenoxy) is 1. The quantitative estimate of drug-likeness (QED) is 0.296. The third-order valence-corrected chi connectivity index (χ3v) is 4.05. The first-order valence-corrected chi connectivity index (χ1v) is 8.80. The van der Waals surface area contributed by atoms with E-state index in [4.69, 9.17) is 9.15 Å². The number of hydrogen-bond donors (Lipinski definition) is 0. The number of benzene rings is 2. The number of allylic oxidation sites excluding steroid dienone is 3. The predicted molar refractivity (Wildman–Crippen MR) is 107 cm³/mol. The highest BCUT2D eigenvalue weighted by Crippen LogP contribution is 2.24. The highest BCUT2D eigenvalue weighted by atomic mass is 16.5. The monoisotopic (exact) mass is 346 g/mol. The average Bonchev–Trinajstić information content (AvgIpc) is 2.67. The summed E-state index contributed by atoms with van der Waals surface area (Å²) in [4.78, 5) is 12.3. The van der Waals surface area contributed by atoms with Gasteiger partial charge in [-0.15, -0.1) is 6.58 Å². The Morgan fingerprint density at radius 1 is 1.04 bits per heavy atom. The van der Waals surface area contributed by atoms with Crippen LogP contribution in [0.25, 0.3) is 22.1 Å². The van der Waals surface area contributed by atoms with Gasteiger partial charge in [-0.25, -0.2) is 4.79 Å². The lowest BCUT2D eigenvalue weighted by atomic mass is 10.1. The molecule has 0 spiro atoms. The van der Waals surface area contributed by atoms with E-state index in [0.29, 0.717) is 23.5 Å². The summed E-state index contributed by atoms with van der Waals surface area (Å²) in [5.41, 5.74) is 1.62. The zero-order valence-electron chi connectivity index (χ0n) is 14.7. The summed E-state index contributed by atoms with van der Waals surface area (Å²) in [7, 11) is 0. The number of unbranched alkanes of at least 4 members (excludes halogenated alkanes) is 1. The summed E-state index contributed by atoms with van der Waals surface area (Å²) in [6.07, 6.45) is 8.91. The SMILES string of the molecule is C=CC/C=C/CCCOc1ccc2cc(-c3ccccc3)c(=O)oc2c1. The second-order valence-corrected chi connectivity index (χ2v) is 6.00. The molecule has 0 saturated heterocycles. The van der Waals surface area contributed by atoms with Gasteiger partial charge >= 0.3 is 5.63 Å². The maximum absolute atomic E-state index is 12.3. The van der Waals surface area contributed by atoms with Crippen LogP contribution in [-0.2, 0) is 0 Å². The molecule has 0 unspecified atom stereocenters. The lowest BCUT2D eigenvalue weighted by Crippen LogP contribution is -2.03. The van der Waals surface area contributed by atoms with E-state index in [1.54, 1.807) is 6.07 Å². The van der Waals surface area contributed by atoms with Crippen LogP contribution < -0.4 is 10.4 Å². The van der Waals surface area contributed by atoms with Crippen LogP contribution >= 0.6 is 0 Å². The molecule has 0 saturated carbocycles. The van der Waals surface area contributed by atoms with Gasteiger partial charge in [0.2, 0.25) is 0 Å². The van der Waals surface area contributed by atoms with Crippen LogP contribution in [0.4, 0.5) is 0 Å². The first-order valence-electron chi connectivity index (χ1n) is 8.80. The van der Waals surface area contributed by atoms with Crippen molar-refractivity contribution in [2.75, 3.05) is 6.61 Å². The molecule has 0 aliphatic heterocycles. The molecule has 3 aromatic rings. The van der Waals surface area contributed by atoms with Crippen LogP contribution in [0.5, 0.6) is 5.75 Å². The van der Waals surface area contributed by atoms with Gasteiger partial charge in [-0.1, -0.05) is 48.6 Å². The Hall–Kier alpha value is -3.07. The Balaban J connectivity index is 1.70. The van der Waals surface area contributed by atoms with Gasteiger partial charge in [-0.05, 0) is 43.0 Å². The normalized spacial score (nSPS) is 11.1. The van der Waals surface area contributed by atoms with Gasteiger partial charge in [0.25, 0.3) is 0 Å². The number of fused-ring (bicyclic) bond motifs is 1. The second kappa shape index (κ2) is 8.86. The van der Waals surface area contributed by atoms with Crippen molar-refractivity contribution in [3.63, 3.8) is 0 Å². The van der Waals surface area contributed by atoms with E-state index in [1.807, 2.05) is 54.6 Å². The minimum Gasteiger partial charge on any atom is -0.493 e. The van der Waals surface area contributed by atoms with Gasteiger partial charge in [0, 0.05) is 11.5 Å². The van der Waals surface area contributed by atoms with Gasteiger partial charge in [0.1, 0.15) is 11.3 Å². The summed E-state index contributed by atoms with van der Waals surface area (Å²) in [5.74, 6) is 0.711. The Morgan fingerprint density at radius 3 is 2.69 bits per heavy atom. The molecule has 132 valence electrons. The Labute approximate surface area is 153 Å². The second-order valence-electron chi connectivity index (χ2n) is 6.00. The van der Waals surface area contributed by atoms with Crippen molar-refractivity contribution in [2.45, 2.75) is 19.3 Å². The van der Waals surface area contributed by atoms with E-state index in [-0.39, 0.29) is 5.63 Å². The van der Waals surface area contributed by atoms with Crippen molar-refractivity contribution in [1.82, 2.24) is 0 Å². The zero-order chi connectivity index (χ0) is 18.2. The maximum Gasteiger partial charge on any atom is 0.344 e. The van der Waals surface area contributed by atoms with Crippen molar-refractivity contribution in [1.29, 1.82) is 0 Å². The Kier molecular flexibility index (Phi) is 6.05. The fourth-order valence-corrected chi connectivity index (χ4v) is 2.70. The minimum atomic E-state index is -0.340. The third-order valence-electron chi connectivity index (χ3n) is 4.05. The molecule has 0 N–H and O–H groups in total. The standard InChI is InChI=1S/C23H22O3/c1-2-3-4-5-6-10-15-25-20-14-13-19-16-21(18-11-8-7-9-12-18)23(24)26-22(19)17-20/h2,4-5,7-9,11-14,16-17H,1,3,6,10,15H2/b5-4+. The molecule has 0 atom stereocenters. The highest BCUT2D eigenvalue weighted by Gasteiger charge is 2.08. The summed E-state index contributed by atoms with van der Waals surface area (Å²) in [6.45, 7) is 4.30. The van der Waals surface area contributed by atoms with Crippen LogP contribution in [-0.4, -0.2) is 6.61 Å². The Morgan fingerprint density at radius 2 is 1.88 bits per heavy atom. The number of hydrogen-bond acceptors (Lipinski definition) is 3. The molecule has 26 heavy (non-hydrogen) atoms. The van der Waals surface area contributed by atoms with E-state index in [2.05, 4.69) is 18.7 Å². The van der Waals surface area contributed by atoms with Gasteiger partial charge in [0.15, 0.2) is 0 Å². The molecule has 3 rings (SSSR count). The van der Waals surface area contributed by atoms with Crippen molar-refractivity contribution < 1.29 is 9.15 Å². The molecule has 0 radical (unpaired) electrons. The van der Waals surface area contributed by atoms with E-state index < -0.39 is 0 Å².